The van der Waals surface area contributed by atoms with Gasteiger partial charge in [0.1, 0.15) is 69.2 Å². The third kappa shape index (κ3) is 21.9. The summed E-state index contributed by atoms with van der Waals surface area (Å²) in [5.41, 5.74) is 0. The van der Waals surface area contributed by atoms with E-state index < -0.39 is 233 Å². The summed E-state index contributed by atoms with van der Waals surface area (Å²) in [6, 6.07) is 0. The maximum absolute atomic E-state index is 13.3. The Bertz CT molecular complexity index is 2530. The lowest BCUT2D eigenvalue weighted by atomic mass is 9.94. The molecule has 0 saturated carbocycles. The van der Waals surface area contributed by atoms with Gasteiger partial charge in [-0.25, -0.2) is 0 Å². The van der Waals surface area contributed by atoms with Crippen molar-refractivity contribution in [3.8, 4) is 0 Å². The Balaban J connectivity index is 1.99. The zero-order valence-corrected chi connectivity index (χ0v) is 49.7. The zero-order valence-electron chi connectivity index (χ0n) is 49.7. The molecule has 4 aliphatic heterocycles. The molecule has 87 heavy (non-hydrogen) atoms. The molecule has 0 radical (unpaired) electrons. The van der Waals surface area contributed by atoms with Crippen LogP contribution in [0.3, 0.4) is 0 Å². The quantitative estimate of drug-likeness (QED) is 0.0763. The molecule has 0 aromatic heterocycles. The third-order valence-corrected chi connectivity index (χ3v) is 12.0. The van der Waals surface area contributed by atoms with E-state index in [-0.39, 0.29) is 0 Å². The molecule has 0 aromatic carbocycles. The first-order chi connectivity index (χ1) is 40.6. The fourth-order valence-electron chi connectivity index (χ4n) is 9.30. The highest BCUT2D eigenvalue weighted by Crippen LogP contribution is 2.40. The molecule has 488 valence electrons. The normalized spacial score (nSPS) is 31.9. The Kier molecular flexibility index (Phi) is 27.1. The maximum Gasteiger partial charge on any atom is 0.305 e. The number of ether oxygens (including phenoxy) is 21. The molecule has 0 bridgehead atoms. The molecule has 4 heterocycles. The molecule has 35 nitrogen and oxygen atoms in total. The van der Waals surface area contributed by atoms with Gasteiger partial charge in [0.2, 0.25) is 12.4 Å². The van der Waals surface area contributed by atoms with Crippen molar-refractivity contribution in [2.24, 2.45) is 0 Å². The zero-order chi connectivity index (χ0) is 65.3. The van der Waals surface area contributed by atoms with Crippen LogP contribution >= 0.6 is 0 Å². The second kappa shape index (κ2) is 32.9. The topological polar surface area (TPSA) is 433 Å². The molecule has 4 aliphatic rings. The Labute approximate surface area is 495 Å². The summed E-state index contributed by atoms with van der Waals surface area (Å²) < 4.78 is 121. The Morgan fingerprint density at radius 3 is 0.598 bits per heavy atom. The number of carbonyl (C=O) groups excluding carboxylic acids is 14. The molecule has 0 N–H and O–H groups in total. The van der Waals surface area contributed by atoms with Gasteiger partial charge >= 0.3 is 83.6 Å². The van der Waals surface area contributed by atoms with Crippen molar-refractivity contribution in [1.82, 2.24) is 0 Å². The van der Waals surface area contributed by atoms with Crippen LogP contribution in [0.4, 0.5) is 0 Å². The summed E-state index contributed by atoms with van der Waals surface area (Å²) >= 11 is 0. The number of hydrogen-bond acceptors (Lipinski definition) is 35. The van der Waals surface area contributed by atoms with Crippen LogP contribution in [0.15, 0.2) is 0 Å². The molecule has 0 aromatic rings. The molecule has 35 heteroatoms. The number of carbonyl (C=O) groups is 14. The molecule has 20 atom stereocenters. The number of hydrogen-bond donors (Lipinski definition) is 0. The average Bonchev–Trinajstić information content (AvgIpc) is 0.842. The van der Waals surface area contributed by atoms with Crippen LogP contribution < -0.4 is 0 Å². The SMILES string of the molecule is CC(=O)OC[C@@H]1O[C@H](O[C@@H]2[C@@H](OC(C)=O)[C@H](OC(C)=O)[C@@H](O[C@@H]3[C@@H](OC(C)=O)[C@H](OC(C)=O)[C@H](O[C@@H]4[C@@H](OC(C)=O)[C@H](OC(C)=O)C(OC(C)=O)O[C@H]4COC(C)=O)O[C@H]3COC(C)=O)O[C@H]2COC(C)=O)[C@@H](OC(C)=O)[C@H](OC(C)=O)[C@H]1OC(C)=O. The van der Waals surface area contributed by atoms with E-state index >= 15 is 0 Å². The highest BCUT2D eigenvalue weighted by atomic mass is 16.8. The van der Waals surface area contributed by atoms with Crippen LogP contribution in [0, 0.1) is 0 Å². The lowest BCUT2D eigenvalue weighted by Gasteiger charge is -2.51. The van der Waals surface area contributed by atoms with Gasteiger partial charge in [0.25, 0.3) is 0 Å². The largest absolute Gasteiger partial charge is 0.463 e. The van der Waals surface area contributed by atoms with Gasteiger partial charge in [0.05, 0.1) is 0 Å². The summed E-state index contributed by atoms with van der Waals surface area (Å²) in [5.74, 6) is -14.6. The van der Waals surface area contributed by atoms with E-state index in [1.54, 1.807) is 0 Å². The van der Waals surface area contributed by atoms with Crippen LogP contribution in [0.2, 0.25) is 0 Å². The van der Waals surface area contributed by atoms with Crippen LogP contribution in [-0.4, -0.2) is 233 Å². The van der Waals surface area contributed by atoms with Crippen molar-refractivity contribution in [1.29, 1.82) is 0 Å². The Morgan fingerprint density at radius 1 is 0.207 bits per heavy atom. The summed E-state index contributed by atoms with van der Waals surface area (Å²) in [5, 5.41) is 0. The van der Waals surface area contributed by atoms with E-state index in [0.29, 0.717) is 0 Å². The molecule has 4 rings (SSSR count). The molecule has 0 aliphatic carbocycles. The molecule has 0 amide bonds. The van der Waals surface area contributed by atoms with Crippen molar-refractivity contribution >= 4 is 83.6 Å². The van der Waals surface area contributed by atoms with Crippen molar-refractivity contribution in [2.45, 2.75) is 220 Å². The molecular formula is C52H70O35. The van der Waals surface area contributed by atoms with Crippen LogP contribution in [0.5, 0.6) is 0 Å². The lowest BCUT2D eigenvalue weighted by molar-refractivity contribution is -0.388. The van der Waals surface area contributed by atoms with Gasteiger partial charge in [0, 0.05) is 96.9 Å². The summed E-state index contributed by atoms with van der Waals surface area (Å²) in [6.07, 6.45) is -39.2. The van der Waals surface area contributed by atoms with E-state index in [1.807, 2.05) is 0 Å². The molecule has 4 saturated heterocycles. The van der Waals surface area contributed by atoms with Crippen molar-refractivity contribution in [3.05, 3.63) is 0 Å². The predicted molar refractivity (Wildman–Crippen MR) is 268 cm³/mol. The molecule has 1 unspecified atom stereocenters. The second-order valence-electron chi connectivity index (χ2n) is 19.5. The predicted octanol–water partition coefficient (Wildman–Crippen LogP) is -1.76. The highest BCUT2D eigenvalue weighted by Gasteiger charge is 2.62. The highest BCUT2D eigenvalue weighted by molar-refractivity contribution is 5.71. The molecule has 4 fully saturated rings. The Hall–Kier alpha value is -7.70. The van der Waals surface area contributed by atoms with E-state index in [2.05, 4.69) is 0 Å². The van der Waals surface area contributed by atoms with Crippen LogP contribution in [-0.2, 0) is 167 Å². The number of esters is 14. The summed E-state index contributed by atoms with van der Waals surface area (Å²) in [6.45, 7) is 9.74. The summed E-state index contributed by atoms with van der Waals surface area (Å²) in [4.78, 5) is 178. The molecular weight excluding hydrogens is 1180 g/mol. The van der Waals surface area contributed by atoms with E-state index in [9.17, 15) is 67.1 Å². The minimum Gasteiger partial charge on any atom is -0.463 e. The average molecular weight is 1260 g/mol. The third-order valence-electron chi connectivity index (χ3n) is 12.0. The van der Waals surface area contributed by atoms with Gasteiger partial charge in [-0.1, -0.05) is 0 Å². The first-order valence-electron chi connectivity index (χ1n) is 26.5. The van der Waals surface area contributed by atoms with Gasteiger partial charge in [-0.3, -0.25) is 67.1 Å². The van der Waals surface area contributed by atoms with Crippen LogP contribution in [0.25, 0.3) is 0 Å². The second-order valence-corrected chi connectivity index (χ2v) is 19.5. The van der Waals surface area contributed by atoms with Gasteiger partial charge in [-0.05, 0) is 0 Å². The first kappa shape index (κ1) is 71.8. The summed E-state index contributed by atoms with van der Waals surface area (Å²) in [7, 11) is 0. The number of rotatable bonds is 24. The minimum absolute atomic E-state index is 0.752. The minimum atomic E-state index is -2.23. The van der Waals surface area contributed by atoms with Gasteiger partial charge < -0.3 is 99.5 Å². The van der Waals surface area contributed by atoms with Gasteiger partial charge in [0.15, 0.2) is 67.7 Å². The first-order valence-corrected chi connectivity index (χ1v) is 26.5. The standard InChI is InChI=1S/C52H70O35/c1-19(53)67-15-33-37(71-23(5)57)41(72-24(6)58)46(77-29(11)63)50(82-33)86-39-35(17-69-21(3)55)84-52(48(79-31(13)65)43(39)74-26(8)60)87-40-36(18-70-22(4)56)83-51(47(78-30(12)64)44(40)75-27(9)61)85-38-34(16-68-20(2)54)81-49(80-32(14)66)45(76-28(10)62)42(38)73-25(7)59/h33-52H,15-18H2,1-14H3/t33-,34-,35-,36-,37-,38-,39-,40-,41+,42+,43+,44+,45-,46-,47-,48-,49?,50+,51-,52+/m0/s1. The van der Waals surface area contributed by atoms with E-state index in [0.717, 1.165) is 96.9 Å². The van der Waals surface area contributed by atoms with Crippen molar-refractivity contribution in [2.75, 3.05) is 26.4 Å². The maximum atomic E-state index is 13.3. The smallest absolute Gasteiger partial charge is 0.305 e. The fourth-order valence-corrected chi connectivity index (χ4v) is 9.30. The van der Waals surface area contributed by atoms with Gasteiger partial charge in [-0.2, -0.15) is 0 Å². The Morgan fingerprint density at radius 2 is 0.379 bits per heavy atom. The lowest BCUT2D eigenvalue weighted by Crippen LogP contribution is -2.69. The van der Waals surface area contributed by atoms with E-state index in [4.69, 9.17) is 99.5 Å². The van der Waals surface area contributed by atoms with Crippen molar-refractivity contribution < 1.29 is 167 Å². The van der Waals surface area contributed by atoms with Crippen LogP contribution in [0.1, 0.15) is 96.9 Å². The van der Waals surface area contributed by atoms with Crippen molar-refractivity contribution in [3.63, 3.8) is 0 Å². The molecule has 0 spiro atoms. The van der Waals surface area contributed by atoms with E-state index in [1.165, 1.54) is 0 Å². The monoisotopic (exact) mass is 1250 g/mol. The fraction of sp³-hybridized carbons (Fsp3) is 0.731. The van der Waals surface area contributed by atoms with Gasteiger partial charge in [-0.15, -0.1) is 0 Å².